The molecule has 0 saturated carbocycles. The van der Waals surface area contributed by atoms with Gasteiger partial charge in [-0.05, 0) is 43.4 Å². The van der Waals surface area contributed by atoms with Crippen LogP contribution in [0.1, 0.15) is 51.2 Å². The van der Waals surface area contributed by atoms with E-state index in [1.807, 2.05) is 0 Å². The minimum absolute atomic E-state index is 0.623. The Morgan fingerprint density at radius 2 is 1.89 bits per heavy atom. The van der Waals surface area contributed by atoms with Crippen LogP contribution in [0.3, 0.4) is 0 Å². The number of nitrogens with one attached hydrogen (secondary N) is 1. The zero-order valence-electron chi connectivity index (χ0n) is 12.5. The first-order valence-electron chi connectivity index (χ1n) is 7.45. The smallest absolute Gasteiger partial charge is 0.0110 e. The van der Waals surface area contributed by atoms with Crippen molar-refractivity contribution in [2.45, 2.75) is 59.4 Å². The number of benzene rings is 1. The second-order valence-corrected chi connectivity index (χ2v) is 5.51. The van der Waals surface area contributed by atoms with E-state index in [1.165, 1.54) is 30.4 Å². The van der Waals surface area contributed by atoms with Crippen LogP contribution in [-0.2, 0) is 6.42 Å². The lowest BCUT2D eigenvalue weighted by molar-refractivity contribution is 0.385. The molecule has 1 N–H and O–H groups in total. The van der Waals surface area contributed by atoms with Gasteiger partial charge in [0.05, 0.1) is 0 Å². The highest BCUT2D eigenvalue weighted by Crippen LogP contribution is 2.17. The first-order valence-corrected chi connectivity index (χ1v) is 7.45. The summed E-state index contributed by atoms with van der Waals surface area (Å²) in [6.45, 7) is 10.1. The van der Waals surface area contributed by atoms with Crippen LogP contribution in [0.2, 0.25) is 0 Å². The Balaban J connectivity index is 2.59. The van der Waals surface area contributed by atoms with Crippen LogP contribution in [0.5, 0.6) is 0 Å². The van der Waals surface area contributed by atoms with Gasteiger partial charge in [0.2, 0.25) is 0 Å². The molecule has 1 nitrogen and oxygen atoms in total. The van der Waals surface area contributed by atoms with E-state index < -0.39 is 0 Å². The van der Waals surface area contributed by atoms with Gasteiger partial charge in [-0.25, -0.2) is 0 Å². The van der Waals surface area contributed by atoms with Gasteiger partial charge < -0.3 is 5.32 Å². The van der Waals surface area contributed by atoms with Gasteiger partial charge in [-0.1, -0.05) is 57.9 Å². The quantitative estimate of drug-likeness (QED) is 0.720. The predicted octanol–water partition coefficient (Wildman–Crippen LogP) is 4.34. The lowest BCUT2D eigenvalue weighted by Crippen LogP contribution is -2.32. The van der Waals surface area contributed by atoms with Gasteiger partial charge >= 0.3 is 0 Å². The maximum absolute atomic E-state index is 3.65. The van der Waals surface area contributed by atoms with Crippen LogP contribution in [0.4, 0.5) is 0 Å². The normalized spacial score (nSPS) is 14.4. The number of rotatable bonds is 8. The Morgan fingerprint density at radius 1 is 1.17 bits per heavy atom. The summed E-state index contributed by atoms with van der Waals surface area (Å²) < 4.78 is 0. The molecule has 18 heavy (non-hydrogen) atoms. The van der Waals surface area contributed by atoms with Gasteiger partial charge in [-0.3, -0.25) is 0 Å². The molecule has 0 aliphatic carbocycles. The molecule has 0 spiro atoms. The van der Waals surface area contributed by atoms with Crippen molar-refractivity contribution in [3.8, 4) is 0 Å². The molecule has 1 aromatic carbocycles. The Bertz CT molecular complexity index is 332. The molecule has 1 aromatic rings. The van der Waals surface area contributed by atoms with Crippen molar-refractivity contribution < 1.29 is 0 Å². The fraction of sp³-hybridized carbons (Fsp3) is 0.647. The molecule has 0 fully saturated rings. The van der Waals surface area contributed by atoms with E-state index in [9.17, 15) is 0 Å². The van der Waals surface area contributed by atoms with Gasteiger partial charge in [0.1, 0.15) is 0 Å². The first kappa shape index (κ1) is 15.2. The minimum Gasteiger partial charge on any atom is -0.314 e. The van der Waals surface area contributed by atoms with Crippen LogP contribution in [0.15, 0.2) is 24.3 Å². The van der Waals surface area contributed by atoms with Crippen LogP contribution in [-0.4, -0.2) is 12.6 Å². The summed E-state index contributed by atoms with van der Waals surface area (Å²) in [4.78, 5) is 0. The largest absolute Gasteiger partial charge is 0.314 e. The van der Waals surface area contributed by atoms with Crippen molar-refractivity contribution in [1.82, 2.24) is 5.32 Å². The van der Waals surface area contributed by atoms with E-state index in [4.69, 9.17) is 0 Å². The molecule has 0 heterocycles. The number of hydrogen-bond acceptors (Lipinski definition) is 1. The van der Waals surface area contributed by atoms with Gasteiger partial charge in [0.15, 0.2) is 0 Å². The fourth-order valence-corrected chi connectivity index (χ4v) is 2.73. The first-order chi connectivity index (χ1) is 8.67. The van der Waals surface area contributed by atoms with E-state index in [0.717, 1.165) is 18.9 Å². The molecule has 1 heteroatoms. The van der Waals surface area contributed by atoms with Gasteiger partial charge in [0.25, 0.3) is 0 Å². The zero-order valence-corrected chi connectivity index (χ0v) is 12.5. The second-order valence-electron chi connectivity index (χ2n) is 5.51. The Hall–Kier alpha value is -0.820. The van der Waals surface area contributed by atoms with Crippen molar-refractivity contribution in [2.75, 3.05) is 6.54 Å². The van der Waals surface area contributed by atoms with Crippen LogP contribution < -0.4 is 5.32 Å². The molecule has 2 unspecified atom stereocenters. The topological polar surface area (TPSA) is 12.0 Å². The summed E-state index contributed by atoms with van der Waals surface area (Å²) in [6.07, 6.45) is 5.09. The molecule has 0 saturated heterocycles. The molecule has 102 valence electrons. The maximum Gasteiger partial charge on any atom is 0.0110 e. The van der Waals surface area contributed by atoms with Gasteiger partial charge in [0, 0.05) is 6.04 Å². The summed E-state index contributed by atoms with van der Waals surface area (Å²) >= 11 is 0. The van der Waals surface area contributed by atoms with E-state index in [0.29, 0.717) is 6.04 Å². The van der Waals surface area contributed by atoms with Crippen molar-refractivity contribution >= 4 is 0 Å². The molecule has 0 amide bonds. The average molecular weight is 247 g/mol. The lowest BCUT2D eigenvalue weighted by Gasteiger charge is -2.22. The standard InChI is InChI=1S/C17H29N/c1-5-9-14(3)12-17(18-6-2)13-16-11-8-7-10-15(16)4/h7-8,10-11,14,17-18H,5-6,9,12-13H2,1-4H3. The molecule has 0 aliphatic heterocycles. The summed E-state index contributed by atoms with van der Waals surface area (Å²) in [7, 11) is 0. The monoisotopic (exact) mass is 247 g/mol. The molecule has 0 aromatic heterocycles. The highest BCUT2D eigenvalue weighted by atomic mass is 14.9. The highest BCUT2D eigenvalue weighted by molar-refractivity contribution is 5.26. The zero-order chi connectivity index (χ0) is 13.4. The third-order valence-corrected chi connectivity index (χ3v) is 3.69. The molecule has 0 aliphatic rings. The van der Waals surface area contributed by atoms with Crippen LogP contribution in [0.25, 0.3) is 0 Å². The Labute approximate surface area is 113 Å². The molecule has 1 rings (SSSR count). The SMILES string of the molecule is CCCC(C)CC(Cc1ccccc1C)NCC. The summed E-state index contributed by atoms with van der Waals surface area (Å²) in [5.74, 6) is 0.822. The third-order valence-electron chi connectivity index (χ3n) is 3.69. The summed E-state index contributed by atoms with van der Waals surface area (Å²) in [6, 6.07) is 9.39. The third kappa shape index (κ3) is 5.22. The minimum atomic E-state index is 0.623. The van der Waals surface area contributed by atoms with E-state index >= 15 is 0 Å². The number of aryl methyl sites for hydroxylation is 1. The van der Waals surface area contributed by atoms with Crippen molar-refractivity contribution in [2.24, 2.45) is 5.92 Å². The van der Waals surface area contributed by atoms with E-state index in [-0.39, 0.29) is 0 Å². The van der Waals surface area contributed by atoms with Crippen molar-refractivity contribution in [3.05, 3.63) is 35.4 Å². The molecular weight excluding hydrogens is 218 g/mol. The lowest BCUT2D eigenvalue weighted by atomic mass is 9.92. The van der Waals surface area contributed by atoms with E-state index in [1.54, 1.807) is 0 Å². The predicted molar refractivity (Wildman–Crippen MR) is 81.0 cm³/mol. The Kier molecular flexibility index (Phi) is 7.04. The number of hydrogen-bond donors (Lipinski definition) is 1. The Morgan fingerprint density at radius 3 is 2.50 bits per heavy atom. The molecular formula is C17H29N. The van der Waals surface area contributed by atoms with Crippen LogP contribution in [0, 0.1) is 12.8 Å². The van der Waals surface area contributed by atoms with Gasteiger partial charge in [-0.15, -0.1) is 0 Å². The van der Waals surface area contributed by atoms with Crippen molar-refractivity contribution in [1.29, 1.82) is 0 Å². The summed E-state index contributed by atoms with van der Waals surface area (Å²) in [5, 5.41) is 3.65. The average Bonchev–Trinajstić information content (AvgIpc) is 2.32. The fourth-order valence-electron chi connectivity index (χ4n) is 2.73. The van der Waals surface area contributed by atoms with Crippen molar-refractivity contribution in [3.63, 3.8) is 0 Å². The van der Waals surface area contributed by atoms with Gasteiger partial charge in [-0.2, -0.15) is 0 Å². The van der Waals surface area contributed by atoms with E-state index in [2.05, 4.69) is 57.3 Å². The second kappa shape index (κ2) is 8.31. The molecule has 2 atom stereocenters. The number of likely N-dealkylation sites (N-methyl/N-ethyl adjacent to an activating group) is 1. The highest BCUT2D eigenvalue weighted by Gasteiger charge is 2.13. The maximum atomic E-state index is 3.65. The molecule has 0 bridgehead atoms. The summed E-state index contributed by atoms with van der Waals surface area (Å²) in [5.41, 5.74) is 2.91. The van der Waals surface area contributed by atoms with Crippen LogP contribution >= 0.6 is 0 Å². The molecule has 0 radical (unpaired) electrons.